The Labute approximate surface area is 159 Å². The van der Waals surface area contributed by atoms with Gasteiger partial charge in [0.05, 0.1) is 6.04 Å². The summed E-state index contributed by atoms with van der Waals surface area (Å²) in [5, 5.41) is 22.9. The molecule has 0 aromatic heterocycles. The minimum atomic E-state index is -1.07. The lowest BCUT2D eigenvalue weighted by molar-refractivity contribution is -0.129. The number of unbranched alkanes of at least 4 members (excludes halogenated alkanes) is 4. The summed E-state index contributed by atoms with van der Waals surface area (Å²) < 4.78 is 6.82. The normalized spacial score (nSPS) is 32.6. The number of ether oxygens (including phenoxy) is 1. The van der Waals surface area contributed by atoms with E-state index in [2.05, 4.69) is 44.1 Å². The number of aliphatic hydroxyl groups is 2. The molecule has 7 heteroatoms. The van der Waals surface area contributed by atoms with Gasteiger partial charge in [-0.25, -0.2) is 0 Å². The van der Waals surface area contributed by atoms with Crippen LogP contribution in [0.15, 0.2) is 21.1 Å². The number of halogens is 2. The van der Waals surface area contributed by atoms with Crippen LogP contribution in [-0.4, -0.2) is 40.2 Å². The van der Waals surface area contributed by atoms with Crippen molar-refractivity contribution in [2.24, 2.45) is 0 Å². The van der Waals surface area contributed by atoms with Crippen LogP contribution in [-0.2, 0) is 9.53 Å². The summed E-state index contributed by atoms with van der Waals surface area (Å²) in [4.78, 5) is 12.1. The Kier molecular flexibility index (Phi) is 7.49. The van der Waals surface area contributed by atoms with Gasteiger partial charge in [-0.15, -0.1) is 0 Å². The van der Waals surface area contributed by atoms with Crippen LogP contribution in [0.1, 0.15) is 51.9 Å². The fourth-order valence-electron chi connectivity index (χ4n) is 3.07. The molecule has 0 saturated carbocycles. The average molecular weight is 467 g/mol. The second kappa shape index (κ2) is 8.94. The van der Waals surface area contributed by atoms with E-state index in [0.717, 1.165) is 19.3 Å². The van der Waals surface area contributed by atoms with E-state index >= 15 is 0 Å². The number of nitrogens with one attached hydrogen (secondary N) is 1. The first-order chi connectivity index (χ1) is 11.4. The highest BCUT2D eigenvalue weighted by atomic mass is 79.9. The smallest absolute Gasteiger partial charge is 0.220 e. The zero-order valence-corrected chi connectivity index (χ0v) is 17.0. The fourth-order valence-corrected chi connectivity index (χ4v) is 4.65. The maximum absolute atomic E-state index is 12.1. The minimum Gasteiger partial charge on any atom is -0.383 e. The Bertz CT molecular complexity index is 501. The van der Waals surface area contributed by atoms with Crippen molar-refractivity contribution in [2.75, 3.05) is 0 Å². The van der Waals surface area contributed by atoms with E-state index in [1.54, 1.807) is 12.2 Å². The molecule has 2 atom stereocenters. The van der Waals surface area contributed by atoms with Gasteiger partial charge in [0.25, 0.3) is 0 Å². The Balaban J connectivity index is 1.87. The molecule has 2 rings (SSSR count). The standard InChI is InChI=1S/C17H25Br2NO4/c1-2-3-4-5-6-7-14(21)20-13-10-17(24-16(13)23)8-11(18)15(22)12(19)9-17/h8-9,13,15-16,22-23H,2-7,10H2,1H3,(H,20,21). The fraction of sp³-hybridized carbons (Fsp3) is 0.706. The molecular formula is C17H25Br2NO4. The van der Waals surface area contributed by atoms with E-state index in [1.165, 1.54) is 12.8 Å². The van der Waals surface area contributed by atoms with Crippen molar-refractivity contribution in [1.82, 2.24) is 5.32 Å². The lowest BCUT2D eigenvalue weighted by atomic mass is 9.92. The quantitative estimate of drug-likeness (QED) is 0.503. The number of carbonyl (C=O) groups is 1. The van der Waals surface area contributed by atoms with Gasteiger partial charge in [-0.1, -0.05) is 64.5 Å². The Morgan fingerprint density at radius 1 is 1.25 bits per heavy atom. The van der Waals surface area contributed by atoms with Gasteiger partial charge < -0.3 is 20.3 Å². The third kappa shape index (κ3) is 5.14. The van der Waals surface area contributed by atoms with Crippen molar-refractivity contribution >= 4 is 37.8 Å². The van der Waals surface area contributed by atoms with Crippen LogP contribution in [0.2, 0.25) is 0 Å². The summed E-state index contributed by atoms with van der Waals surface area (Å²) in [5.74, 6) is -0.0573. The molecule has 0 bridgehead atoms. The molecule has 5 nitrogen and oxygen atoms in total. The molecule has 24 heavy (non-hydrogen) atoms. The summed E-state index contributed by atoms with van der Waals surface area (Å²) in [6.07, 6.45) is 8.00. The highest BCUT2D eigenvalue weighted by molar-refractivity contribution is 9.12. The van der Waals surface area contributed by atoms with Crippen LogP contribution >= 0.6 is 31.9 Å². The third-order valence-electron chi connectivity index (χ3n) is 4.36. The zero-order chi connectivity index (χ0) is 17.7. The van der Waals surface area contributed by atoms with Crippen molar-refractivity contribution in [3.8, 4) is 0 Å². The Morgan fingerprint density at radius 2 is 1.88 bits per heavy atom. The number of hydrogen-bond acceptors (Lipinski definition) is 4. The van der Waals surface area contributed by atoms with Crippen molar-refractivity contribution in [1.29, 1.82) is 0 Å². The van der Waals surface area contributed by atoms with Crippen molar-refractivity contribution in [3.05, 3.63) is 21.1 Å². The van der Waals surface area contributed by atoms with E-state index in [1.807, 2.05) is 0 Å². The van der Waals surface area contributed by atoms with Gasteiger partial charge in [-0.3, -0.25) is 4.79 Å². The molecule has 1 spiro atoms. The van der Waals surface area contributed by atoms with Crippen molar-refractivity contribution in [2.45, 2.75) is 75.9 Å². The topological polar surface area (TPSA) is 78.8 Å². The predicted molar refractivity (Wildman–Crippen MR) is 99.8 cm³/mol. The number of hydrogen-bond donors (Lipinski definition) is 3. The van der Waals surface area contributed by atoms with Gasteiger partial charge in [0.15, 0.2) is 6.29 Å². The summed E-state index contributed by atoms with van der Waals surface area (Å²) in [5.41, 5.74) is -0.824. The van der Waals surface area contributed by atoms with Gasteiger partial charge >= 0.3 is 0 Å². The number of amides is 1. The SMILES string of the molecule is CCCCCCCC(=O)NC1CC2(C=C(Br)C(O)C(Br)=C2)OC1O. The van der Waals surface area contributed by atoms with Gasteiger partial charge in [-0.2, -0.15) is 0 Å². The second-order valence-electron chi connectivity index (χ2n) is 6.47. The van der Waals surface area contributed by atoms with Crippen LogP contribution < -0.4 is 5.32 Å². The molecule has 1 saturated heterocycles. The number of aliphatic hydroxyl groups excluding tert-OH is 2. The van der Waals surface area contributed by atoms with E-state index < -0.39 is 24.0 Å². The van der Waals surface area contributed by atoms with E-state index in [4.69, 9.17) is 4.74 Å². The molecule has 1 amide bonds. The second-order valence-corrected chi connectivity index (χ2v) is 8.30. The molecule has 2 unspecified atom stereocenters. The zero-order valence-electron chi connectivity index (χ0n) is 13.8. The van der Waals surface area contributed by atoms with Gasteiger partial charge in [0.1, 0.15) is 11.7 Å². The van der Waals surface area contributed by atoms with Crippen LogP contribution in [0.4, 0.5) is 0 Å². The van der Waals surface area contributed by atoms with Crippen LogP contribution in [0, 0.1) is 0 Å². The van der Waals surface area contributed by atoms with Gasteiger partial charge in [0, 0.05) is 21.8 Å². The summed E-state index contributed by atoms with van der Waals surface area (Å²) in [7, 11) is 0. The summed E-state index contributed by atoms with van der Waals surface area (Å²) in [6.45, 7) is 2.16. The average Bonchev–Trinajstić information content (AvgIpc) is 2.79. The van der Waals surface area contributed by atoms with E-state index in [-0.39, 0.29) is 5.91 Å². The highest BCUT2D eigenvalue weighted by Gasteiger charge is 2.46. The van der Waals surface area contributed by atoms with Crippen LogP contribution in [0.25, 0.3) is 0 Å². The first kappa shape index (κ1) is 20.1. The first-order valence-corrected chi connectivity index (χ1v) is 10.1. The molecule has 0 radical (unpaired) electrons. The largest absolute Gasteiger partial charge is 0.383 e. The first-order valence-electron chi connectivity index (χ1n) is 8.46. The van der Waals surface area contributed by atoms with E-state index in [0.29, 0.717) is 21.8 Å². The van der Waals surface area contributed by atoms with Gasteiger partial charge in [-0.05, 0) is 18.6 Å². The molecule has 0 aromatic rings. The summed E-state index contributed by atoms with van der Waals surface area (Å²) in [6, 6.07) is -0.462. The minimum absolute atomic E-state index is 0.0573. The van der Waals surface area contributed by atoms with Crippen molar-refractivity contribution < 1.29 is 19.7 Å². The lowest BCUT2D eigenvalue weighted by Gasteiger charge is -2.28. The van der Waals surface area contributed by atoms with Gasteiger partial charge in [0.2, 0.25) is 5.91 Å². The molecule has 1 aliphatic heterocycles. The highest BCUT2D eigenvalue weighted by Crippen LogP contribution is 2.41. The summed E-state index contributed by atoms with van der Waals surface area (Å²) >= 11 is 6.63. The van der Waals surface area contributed by atoms with Crippen molar-refractivity contribution in [3.63, 3.8) is 0 Å². The molecule has 1 aliphatic carbocycles. The van der Waals surface area contributed by atoms with E-state index in [9.17, 15) is 15.0 Å². The molecule has 1 heterocycles. The monoisotopic (exact) mass is 465 g/mol. The maximum atomic E-state index is 12.1. The third-order valence-corrected chi connectivity index (χ3v) is 5.69. The molecule has 136 valence electrons. The molecule has 1 fully saturated rings. The Morgan fingerprint density at radius 3 is 2.50 bits per heavy atom. The Hall–Kier alpha value is -0.210. The molecular weight excluding hydrogens is 442 g/mol. The number of carbonyl (C=O) groups excluding carboxylic acids is 1. The van der Waals surface area contributed by atoms with Crippen LogP contribution in [0.3, 0.4) is 0 Å². The maximum Gasteiger partial charge on any atom is 0.220 e. The number of rotatable bonds is 7. The molecule has 3 N–H and O–H groups in total. The van der Waals surface area contributed by atoms with Crippen LogP contribution in [0.5, 0.6) is 0 Å². The molecule has 2 aliphatic rings. The molecule has 0 aromatic carbocycles. The lowest BCUT2D eigenvalue weighted by Crippen LogP contribution is -2.40. The predicted octanol–water partition coefficient (Wildman–Crippen LogP) is 3.24.